The monoisotopic (exact) mass is 242 g/mol. The molecule has 1 atom stereocenters. The van der Waals surface area contributed by atoms with Crippen molar-refractivity contribution in [2.24, 2.45) is 0 Å². The van der Waals surface area contributed by atoms with Gasteiger partial charge in [-0.3, -0.25) is 0 Å². The van der Waals surface area contributed by atoms with E-state index in [1.165, 1.54) is 0 Å². The van der Waals surface area contributed by atoms with Gasteiger partial charge in [0, 0.05) is 0 Å². The Hall–Kier alpha value is -1.22. The molecule has 0 amide bonds. The van der Waals surface area contributed by atoms with Crippen molar-refractivity contribution in [3.05, 3.63) is 28.8 Å². The maximum absolute atomic E-state index is 10.8. The highest BCUT2D eigenvalue weighted by molar-refractivity contribution is 6.32. The predicted molar refractivity (Wildman–Crippen MR) is 63.2 cm³/mol. The fourth-order valence-electron chi connectivity index (χ4n) is 1.32. The lowest BCUT2D eigenvalue weighted by Crippen LogP contribution is -2.26. The average molecular weight is 243 g/mol. The normalized spacial score (nSPS) is 12.2. The molecule has 0 spiro atoms. The minimum Gasteiger partial charge on any atom is -0.479 e. The smallest absolute Gasteiger partial charge is 0.344 e. The molecule has 1 aromatic rings. The zero-order valence-electron chi connectivity index (χ0n) is 9.37. The molecule has 0 aliphatic heterocycles. The Morgan fingerprint density at radius 1 is 1.50 bits per heavy atom. The van der Waals surface area contributed by atoms with Gasteiger partial charge in [-0.2, -0.15) is 0 Å². The summed E-state index contributed by atoms with van der Waals surface area (Å²) in [6, 6.07) is 5.40. The zero-order chi connectivity index (χ0) is 12.1. The van der Waals surface area contributed by atoms with E-state index in [9.17, 15) is 4.79 Å². The van der Waals surface area contributed by atoms with Gasteiger partial charge in [0.1, 0.15) is 5.75 Å². The number of ether oxygens (including phenoxy) is 1. The van der Waals surface area contributed by atoms with E-state index in [1.54, 1.807) is 19.1 Å². The van der Waals surface area contributed by atoms with E-state index in [0.717, 1.165) is 12.0 Å². The van der Waals surface area contributed by atoms with E-state index >= 15 is 0 Å². The minimum atomic E-state index is -0.974. The van der Waals surface area contributed by atoms with Crippen molar-refractivity contribution in [1.29, 1.82) is 0 Å². The third-order valence-corrected chi connectivity index (χ3v) is 2.62. The molecule has 1 aromatic carbocycles. The molecule has 0 aliphatic rings. The summed E-state index contributed by atoms with van der Waals surface area (Å²) in [4.78, 5) is 10.8. The van der Waals surface area contributed by atoms with Crippen LogP contribution in [0.25, 0.3) is 0 Å². The third-order valence-electron chi connectivity index (χ3n) is 2.32. The van der Waals surface area contributed by atoms with Crippen LogP contribution in [0.15, 0.2) is 18.2 Å². The van der Waals surface area contributed by atoms with Crippen molar-refractivity contribution in [2.75, 3.05) is 0 Å². The van der Waals surface area contributed by atoms with E-state index < -0.39 is 12.1 Å². The number of aliphatic carboxylic acids is 1. The lowest BCUT2D eigenvalue weighted by Gasteiger charge is -2.14. The van der Waals surface area contributed by atoms with Crippen molar-refractivity contribution in [3.63, 3.8) is 0 Å². The molecule has 0 saturated carbocycles. The van der Waals surface area contributed by atoms with Crippen LogP contribution in [0.1, 0.15) is 25.8 Å². The quantitative estimate of drug-likeness (QED) is 0.863. The second kappa shape index (κ2) is 5.75. The first-order valence-corrected chi connectivity index (χ1v) is 5.64. The molecule has 1 unspecified atom stereocenters. The van der Waals surface area contributed by atoms with Crippen LogP contribution in [0.4, 0.5) is 0 Å². The second-order valence-electron chi connectivity index (χ2n) is 3.47. The van der Waals surface area contributed by atoms with Crippen LogP contribution in [0.5, 0.6) is 5.75 Å². The van der Waals surface area contributed by atoms with Crippen LogP contribution < -0.4 is 4.74 Å². The maximum atomic E-state index is 10.8. The highest BCUT2D eigenvalue weighted by atomic mass is 35.5. The lowest BCUT2D eigenvalue weighted by molar-refractivity contribution is -0.145. The third kappa shape index (κ3) is 3.14. The van der Waals surface area contributed by atoms with Gasteiger partial charge >= 0.3 is 5.97 Å². The average Bonchev–Trinajstić information content (AvgIpc) is 2.26. The van der Waals surface area contributed by atoms with Crippen LogP contribution in [-0.2, 0) is 11.2 Å². The Kier molecular flexibility index (Phi) is 4.62. The summed E-state index contributed by atoms with van der Waals surface area (Å²) < 4.78 is 5.32. The van der Waals surface area contributed by atoms with Gasteiger partial charge in [0.15, 0.2) is 6.10 Å². The van der Waals surface area contributed by atoms with Crippen LogP contribution in [-0.4, -0.2) is 17.2 Å². The molecule has 88 valence electrons. The number of aryl methyl sites for hydroxylation is 1. The number of carboxylic acid groups (broad SMARTS) is 1. The fraction of sp³-hybridized carbons (Fsp3) is 0.417. The van der Waals surface area contributed by atoms with Gasteiger partial charge in [-0.05, 0) is 30.5 Å². The Bertz CT molecular complexity index is 377. The minimum absolute atomic E-state index is 0.404. The molecule has 3 nitrogen and oxygen atoms in total. The molecular weight excluding hydrogens is 228 g/mol. The molecule has 4 heteroatoms. The molecule has 1 N–H and O–H groups in total. The van der Waals surface area contributed by atoms with Crippen molar-refractivity contribution >= 4 is 17.6 Å². The number of hydrogen-bond acceptors (Lipinski definition) is 2. The molecule has 16 heavy (non-hydrogen) atoms. The summed E-state index contributed by atoms with van der Waals surface area (Å²) in [5.74, 6) is -0.550. The number of carbonyl (C=O) groups is 1. The number of halogens is 1. The Morgan fingerprint density at radius 2 is 2.19 bits per heavy atom. The SMILES string of the molecule is CCc1ccc(OC(CC)C(=O)O)c(Cl)c1. The van der Waals surface area contributed by atoms with Gasteiger partial charge in [0.05, 0.1) is 5.02 Å². The first-order valence-electron chi connectivity index (χ1n) is 5.26. The first kappa shape index (κ1) is 12.8. The van der Waals surface area contributed by atoms with Crippen LogP contribution in [0, 0.1) is 0 Å². The molecule has 0 heterocycles. The first-order chi connectivity index (χ1) is 7.58. The van der Waals surface area contributed by atoms with Crippen molar-refractivity contribution in [2.45, 2.75) is 32.8 Å². The van der Waals surface area contributed by atoms with Gasteiger partial charge in [0.25, 0.3) is 0 Å². The molecule has 0 radical (unpaired) electrons. The fourth-order valence-corrected chi connectivity index (χ4v) is 1.57. The van der Waals surface area contributed by atoms with Gasteiger partial charge in [0.2, 0.25) is 0 Å². The van der Waals surface area contributed by atoms with E-state index in [0.29, 0.717) is 17.2 Å². The van der Waals surface area contributed by atoms with E-state index in [2.05, 4.69) is 0 Å². The number of rotatable bonds is 5. The predicted octanol–water partition coefficient (Wildman–Crippen LogP) is 3.14. The van der Waals surface area contributed by atoms with Crippen LogP contribution >= 0.6 is 11.6 Å². The molecule has 0 bridgehead atoms. The van der Waals surface area contributed by atoms with Crippen molar-refractivity contribution in [1.82, 2.24) is 0 Å². The number of benzene rings is 1. The largest absolute Gasteiger partial charge is 0.479 e. The van der Waals surface area contributed by atoms with Gasteiger partial charge in [-0.1, -0.05) is 31.5 Å². The second-order valence-corrected chi connectivity index (χ2v) is 3.88. The topological polar surface area (TPSA) is 46.5 Å². The summed E-state index contributed by atoms with van der Waals surface area (Å²) in [7, 11) is 0. The van der Waals surface area contributed by atoms with Crippen molar-refractivity contribution in [3.8, 4) is 5.75 Å². The molecule has 0 aliphatic carbocycles. The molecular formula is C12H15ClO3. The van der Waals surface area contributed by atoms with Crippen LogP contribution in [0.3, 0.4) is 0 Å². The standard InChI is InChI=1S/C12H15ClO3/c1-3-8-5-6-11(9(13)7-8)16-10(4-2)12(14)15/h5-7,10H,3-4H2,1-2H3,(H,14,15). The Balaban J connectivity index is 2.84. The van der Waals surface area contributed by atoms with E-state index in [1.807, 2.05) is 13.0 Å². The van der Waals surface area contributed by atoms with Crippen molar-refractivity contribution < 1.29 is 14.6 Å². The summed E-state index contributed by atoms with van der Waals surface area (Å²) in [6.45, 7) is 3.78. The molecule has 1 rings (SSSR count). The molecule has 0 saturated heterocycles. The number of hydrogen-bond donors (Lipinski definition) is 1. The lowest BCUT2D eigenvalue weighted by atomic mass is 10.1. The summed E-state index contributed by atoms with van der Waals surface area (Å²) in [5, 5.41) is 9.32. The molecule has 0 aromatic heterocycles. The summed E-state index contributed by atoms with van der Waals surface area (Å²) in [5.41, 5.74) is 1.10. The van der Waals surface area contributed by atoms with Gasteiger partial charge < -0.3 is 9.84 Å². The molecule has 0 fully saturated rings. The van der Waals surface area contributed by atoms with Gasteiger partial charge in [-0.15, -0.1) is 0 Å². The highest BCUT2D eigenvalue weighted by Crippen LogP contribution is 2.27. The van der Waals surface area contributed by atoms with Gasteiger partial charge in [-0.25, -0.2) is 4.79 Å². The maximum Gasteiger partial charge on any atom is 0.344 e. The van der Waals surface area contributed by atoms with Crippen LogP contribution in [0.2, 0.25) is 5.02 Å². The van der Waals surface area contributed by atoms with E-state index in [-0.39, 0.29) is 0 Å². The summed E-state index contributed by atoms with van der Waals surface area (Å²) in [6.07, 6.45) is 0.446. The Labute approximate surface area is 100.0 Å². The zero-order valence-corrected chi connectivity index (χ0v) is 10.1. The number of carboxylic acids is 1. The Morgan fingerprint density at radius 3 is 2.62 bits per heavy atom. The highest BCUT2D eigenvalue weighted by Gasteiger charge is 2.17. The van der Waals surface area contributed by atoms with E-state index in [4.69, 9.17) is 21.4 Å². The summed E-state index contributed by atoms with van der Waals surface area (Å²) >= 11 is 6.00.